The largest absolute Gasteiger partial charge is 0.494 e. The van der Waals surface area contributed by atoms with Gasteiger partial charge in [0.2, 0.25) is 0 Å². The molecule has 0 fully saturated rings. The third-order valence-electron chi connectivity index (χ3n) is 4.32. The Kier molecular flexibility index (Phi) is 6.16. The zero-order valence-corrected chi connectivity index (χ0v) is 18.7. The number of aromatic nitrogens is 3. The quantitative estimate of drug-likeness (QED) is 0.131. The van der Waals surface area contributed by atoms with E-state index in [4.69, 9.17) is 17.0 Å². The molecule has 4 aromatic rings. The van der Waals surface area contributed by atoms with Gasteiger partial charge in [-0.25, -0.2) is 4.98 Å². The van der Waals surface area contributed by atoms with Gasteiger partial charge in [-0.3, -0.25) is 19.5 Å². The highest BCUT2D eigenvalue weighted by atomic mass is 32.2. The third-order valence-corrected chi connectivity index (χ3v) is 6.63. The number of non-ortho nitro benzene ring substituents is 1. The first-order valence-electron chi connectivity index (χ1n) is 9.21. The van der Waals surface area contributed by atoms with E-state index in [0.717, 1.165) is 17.0 Å². The van der Waals surface area contributed by atoms with E-state index in [0.29, 0.717) is 31.8 Å². The highest BCUT2D eigenvalue weighted by Crippen LogP contribution is 2.27. The normalized spacial score (nSPS) is 11.0. The molecule has 11 heteroatoms. The van der Waals surface area contributed by atoms with Crippen LogP contribution < -0.4 is 10.3 Å². The van der Waals surface area contributed by atoms with E-state index in [-0.39, 0.29) is 11.2 Å². The molecule has 0 spiro atoms. The summed E-state index contributed by atoms with van der Waals surface area (Å²) in [5, 5.41) is 11.4. The van der Waals surface area contributed by atoms with Crippen LogP contribution in [-0.4, -0.2) is 26.1 Å². The molecule has 0 unspecified atom stereocenters. The standard InChI is InChI=1S/C20H16N4O4S3/c1-2-28-15-8-6-13(7-9-15)23-17-16(31-20(23)29)18(25)22-19(21-17)30-11-12-4-3-5-14(10-12)24(26)27/h3-10H,2,11H2,1H3,(H,21,22,25). The van der Waals surface area contributed by atoms with Gasteiger partial charge in [0, 0.05) is 23.6 Å². The lowest BCUT2D eigenvalue weighted by Crippen LogP contribution is -2.09. The Morgan fingerprint density at radius 2 is 2.06 bits per heavy atom. The Morgan fingerprint density at radius 1 is 1.29 bits per heavy atom. The number of hydrogen-bond donors (Lipinski definition) is 1. The summed E-state index contributed by atoms with van der Waals surface area (Å²) in [6.07, 6.45) is 0. The van der Waals surface area contributed by atoms with Crippen molar-refractivity contribution < 1.29 is 9.66 Å². The van der Waals surface area contributed by atoms with Crippen molar-refractivity contribution >= 4 is 51.4 Å². The van der Waals surface area contributed by atoms with Gasteiger partial charge in [0.05, 0.1) is 11.5 Å². The van der Waals surface area contributed by atoms with Crippen LogP contribution in [-0.2, 0) is 5.75 Å². The van der Waals surface area contributed by atoms with Crippen molar-refractivity contribution in [3.63, 3.8) is 0 Å². The van der Waals surface area contributed by atoms with Gasteiger partial charge in [-0.2, -0.15) is 0 Å². The second kappa shape index (κ2) is 9.00. The summed E-state index contributed by atoms with van der Waals surface area (Å²) < 4.78 is 8.20. The van der Waals surface area contributed by atoms with Gasteiger partial charge in [0.1, 0.15) is 10.4 Å². The van der Waals surface area contributed by atoms with Gasteiger partial charge in [0.25, 0.3) is 11.2 Å². The number of rotatable bonds is 7. The molecule has 8 nitrogen and oxygen atoms in total. The number of nitro benzene ring substituents is 1. The molecule has 2 heterocycles. The Hall–Kier alpha value is -3.02. The van der Waals surface area contributed by atoms with E-state index in [1.165, 1.54) is 35.2 Å². The summed E-state index contributed by atoms with van der Waals surface area (Å²) in [5.74, 6) is 1.17. The van der Waals surface area contributed by atoms with Gasteiger partial charge in [0.15, 0.2) is 14.8 Å². The summed E-state index contributed by atoms with van der Waals surface area (Å²) in [6, 6.07) is 13.8. The molecule has 0 saturated heterocycles. The lowest BCUT2D eigenvalue weighted by molar-refractivity contribution is -0.384. The number of thiazole rings is 1. The zero-order chi connectivity index (χ0) is 22.0. The van der Waals surface area contributed by atoms with Gasteiger partial charge >= 0.3 is 0 Å². The van der Waals surface area contributed by atoms with E-state index in [1.807, 2.05) is 31.2 Å². The van der Waals surface area contributed by atoms with Crippen LogP contribution in [0, 0.1) is 14.1 Å². The van der Waals surface area contributed by atoms with E-state index in [9.17, 15) is 14.9 Å². The van der Waals surface area contributed by atoms with Gasteiger partial charge < -0.3 is 9.72 Å². The molecule has 4 rings (SSSR count). The number of thioether (sulfide) groups is 1. The first-order valence-corrected chi connectivity index (χ1v) is 11.4. The predicted molar refractivity (Wildman–Crippen MR) is 124 cm³/mol. The van der Waals surface area contributed by atoms with Crippen LogP contribution in [0.1, 0.15) is 12.5 Å². The molecule has 0 aliphatic carbocycles. The van der Waals surface area contributed by atoms with Crippen molar-refractivity contribution in [1.82, 2.24) is 14.5 Å². The smallest absolute Gasteiger partial charge is 0.271 e. The second-order valence-electron chi connectivity index (χ2n) is 6.37. The van der Waals surface area contributed by atoms with Crippen molar-refractivity contribution in [3.8, 4) is 11.4 Å². The maximum atomic E-state index is 12.6. The van der Waals surface area contributed by atoms with E-state index in [1.54, 1.807) is 16.7 Å². The highest BCUT2D eigenvalue weighted by molar-refractivity contribution is 7.98. The van der Waals surface area contributed by atoms with Crippen molar-refractivity contribution in [2.45, 2.75) is 17.8 Å². The Labute approximate surface area is 189 Å². The van der Waals surface area contributed by atoms with Gasteiger partial charge in [-0.05, 0) is 49.0 Å². The molecule has 0 radical (unpaired) electrons. The summed E-state index contributed by atoms with van der Waals surface area (Å²) in [5.41, 5.74) is 1.77. The molecule has 0 aliphatic heterocycles. The topological polar surface area (TPSA) is 103 Å². The summed E-state index contributed by atoms with van der Waals surface area (Å²) in [7, 11) is 0. The van der Waals surface area contributed by atoms with Crippen LogP contribution in [0.5, 0.6) is 5.75 Å². The summed E-state index contributed by atoms with van der Waals surface area (Å²) >= 11 is 7.98. The van der Waals surface area contributed by atoms with Gasteiger partial charge in [-0.15, -0.1) is 0 Å². The van der Waals surface area contributed by atoms with Crippen molar-refractivity contribution in [2.75, 3.05) is 6.61 Å². The molecular weight excluding hydrogens is 456 g/mol. The molecule has 0 amide bonds. The number of H-pyrrole nitrogens is 1. The van der Waals surface area contributed by atoms with Crippen LogP contribution in [0.15, 0.2) is 58.5 Å². The average Bonchev–Trinajstić information content (AvgIpc) is 3.10. The van der Waals surface area contributed by atoms with Crippen LogP contribution in [0.4, 0.5) is 5.69 Å². The number of nitro groups is 1. The minimum Gasteiger partial charge on any atom is -0.494 e. The summed E-state index contributed by atoms with van der Waals surface area (Å²) in [4.78, 5) is 30.5. The molecule has 2 aromatic heterocycles. The number of hydrogen-bond acceptors (Lipinski definition) is 8. The lowest BCUT2D eigenvalue weighted by Gasteiger charge is -2.07. The molecule has 0 aliphatic rings. The molecule has 0 saturated carbocycles. The summed E-state index contributed by atoms with van der Waals surface area (Å²) in [6.45, 7) is 2.49. The Morgan fingerprint density at radius 3 is 2.77 bits per heavy atom. The van der Waals surface area contributed by atoms with Crippen LogP contribution in [0.2, 0.25) is 0 Å². The molecule has 2 aromatic carbocycles. The first-order chi connectivity index (χ1) is 15.0. The maximum Gasteiger partial charge on any atom is 0.271 e. The highest BCUT2D eigenvalue weighted by Gasteiger charge is 2.14. The average molecular weight is 473 g/mol. The second-order valence-corrected chi connectivity index (χ2v) is 8.98. The number of benzene rings is 2. The third kappa shape index (κ3) is 4.53. The van der Waals surface area contributed by atoms with Gasteiger partial charge in [-0.1, -0.05) is 35.2 Å². The number of fused-ring (bicyclic) bond motifs is 1. The minimum atomic E-state index is -0.434. The molecular formula is C20H16N4O4S3. The SMILES string of the molecule is CCOc1ccc(-n2c(=S)sc3c(=O)[nH]c(SCc4cccc([N+](=O)[O-])c4)nc32)cc1. The van der Waals surface area contributed by atoms with Crippen molar-refractivity contribution in [1.29, 1.82) is 0 Å². The first kappa shape index (κ1) is 21.2. The monoisotopic (exact) mass is 472 g/mol. The number of ether oxygens (including phenoxy) is 1. The molecule has 158 valence electrons. The van der Waals surface area contributed by atoms with Crippen LogP contribution in [0.25, 0.3) is 16.0 Å². The van der Waals surface area contributed by atoms with E-state index < -0.39 is 4.92 Å². The zero-order valence-electron chi connectivity index (χ0n) is 16.2. The fraction of sp³-hybridized carbons (Fsp3) is 0.150. The fourth-order valence-electron chi connectivity index (χ4n) is 2.96. The Bertz CT molecular complexity index is 1380. The minimum absolute atomic E-state index is 0.0249. The number of nitrogens with one attached hydrogen (secondary N) is 1. The fourth-order valence-corrected chi connectivity index (χ4v) is 5.03. The maximum absolute atomic E-state index is 12.6. The Balaban J connectivity index is 1.68. The number of aromatic amines is 1. The van der Waals surface area contributed by atoms with Crippen LogP contribution >= 0.6 is 35.3 Å². The molecule has 1 N–H and O–H groups in total. The van der Waals surface area contributed by atoms with Crippen LogP contribution in [0.3, 0.4) is 0 Å². The van der Waals surface area contributed by atoms with Crippen molar-refractivity contribution in [3.05, 3.63) is 78.5 Å². The number of nitrogens with zero attached hydrogens (tertiary/aromatic N) is 3. The van der Waals surface area contributed by atoms with Crippen molar-refractivity contribution in [2.24, 2.45) is 0 Å². The van der Waals surface area contributed by atoms with E-state index in [2.05, 4.69) is 9.97 Å². The molecule has 0 atom stereocenters. The molecule has 0 bridgehead atoms. The predicted octanol–water partition coefficient (Wildman–Crippen LogP) is 5.10. The van der Waals surface area contributed by atoms with E-state index >= 15 is 0 Å². The molecule has 31 heavy (non-hydrogen) atoms. The lowest BCUT2D eigenvalue weighted by atomic mass is 10.2.